The number of sulfonamides is 1. The highest BCUT2D eigenvalue weighted by Gasteiger charge is 2.43. The molecule has 162 valence electrons. The minimum absolute atomic E-state index is 0.324. The van der Waals surface area contributed by atoms with Crippen LogP contribution in [0.4, 0.5) is 5.69 Å². The first-order chi connectivity index (χ1) is 14.3. The number of piperidine rings is 1. The zero-order valence-electron chi connectivity index (χ0n) is 17.6. The maximum Gasteiger partial charge on any atom is 0.231 e. The molecule has 0 spiro atoms. The Morgan fingerprint density at radius 3 is 2.73 bits per heavy atom. The average molecular weight is 450 g/mol. The molecule has 0 aromatic heterocycles. The van der Waals surface area contributed by atoms with Crippen LogP contribution in [0.3, 0.4) is 0 Å². The molecule has 4 rings (SSSR count). The number of benzene rings is 2. The van der Waals surface area contributed by atoms with Crippen LogP contribution < -0.4 is 9.04 Å². The Hall–Kier alpha value is -1.80. The largest absolute Gasteiger partial charge is 0.496 e. The van der Waals surface area contributed by atoms with Crippen molar-refractivity contribution in [1.82, 2.24) is 9.80 Å². The summed E-state index contributed by atoms with van der Waals surface area (Å²) in [6.07, 6.45) is 3.51. The Morgan fingerprint density at radius 2 is 2.03 bits per heavy atom. The molecule has 0 amide bonds. The Kier molecular flexibility index (Phi) is 5.99. The first-order valence-electron chi connectivity index (χ1n) is 10.1. The monoisotopic (exact) mass is 449 g/mol. The number of anilines is 1. The molecule has 2 aromatic rings. The lowest BCUT2D eigenvalue weighted by Gasteiger charge is -2.33. The van der Waals surface area contributed by atoms with Gasteiger partial charge in [0.25, 0.3) is 0 Å². The summed E-state index contributed by atoms with van der Waals surface area (Å²) in [5.74, 6) is 0.774. The van der Waals surface area contributed by atoms with Gasteiger partial charge in [-0.25, -0.2) is 8.42 Å². The lowest BCUT2D eigenvalue weighted by atomic mass is 9.92. The number of nitrogens with zero attached hydrogens (tertiary/aromatic N) is 3. The normalized spacial score (nSPS) is 24.1. The minimum atomic E-state index is -3.32. The molecule has 0 radical (unpaired) electrons. The first kappa shape index (κ1) is 21.4. The summed E-state index contributed by atoms with van der Waals surface area (Å²) in [6, 6.07) is 14.4. The fourth-order valence-corrected chi connectivity index (χ4v) is 5.40. The summed E-state index contributed by atoms with van der Waals surface area (Å²) in [5.41, 5.74) is 2.89. The van der Waals surface area contributed by atoms with Crippen LogP contribution in [0.25, 0.3) is 0 Å². The maximum absolute atomic E-state index is 12.0. The second kappa shape index (κ2) is 8.38. The van der Waals surface area contributed by atoms with Crippen molar-refractivity contribution in [2.45, 2.75) is 31.5 Å². The van der Waals surface area contributed by atoms with Gasteiger partial charge in [-0.2, -0.15) is 0 Å². The van der Waals surface area contributed by atoms with E-state index in [2.05, 4.69) is 21.9 Å². The highest BCUT2D eigenvalue weighted by molar-refractivity contribution is 7.92. The van der Waals surface area contributed by atoms with Gasteiger partial charge in [-0.05, 0) is 48.7 Å². The molecule has 2 heterocycles. The molecule has 30 heavy (non-hydrogen) atoms. The molecular weight excluding hydrogens is 422 g/mol. The summed E-state index contributed by atoms with van der Waals surface area (Å²) in [6.45, 7) is 2.64. The van der Waals surface area contributed by atoms with Crippen molar-refractivity contribution in [2.75, 3.05) is 37.9 Å². The fraction of sp³-hybridized carbons (Fsp3) is 0.455. The third-order valence-electron chi connectivity index (χ3n) is 6.22. The quantitative estimate of drug-likeness (QED) is 0.672. The summed E-state index contributed by atoms with van der Waals surface area (Å²) in [4.78, 5) is 4.99. The molecule has 2 aliphatic rings. The van der Waals surface area contributed by atoms with E-state index in [1.54, 1.807) is 20.2 Å². The highest BCUT2D eigenvalue weighted by Crippen LogP contribution is 2.42. The Bertz CT molecular complexity index is 1030. The predicted molar refractivity (Wildman–Crippen MR) is 121 cm³/mol. The van der Waals surface area contributed by atoms with E-state index in [-0.39, 0.29) is 0 Å². The molecule has 1 unspecified atom stereocenters. The third kappa shape index (κ3) is 4.17. The minimum Gasteiger partial charge on any atom is -0.496 e. The topological polar surface area (TPSA) is 53.1 Å². The van der Waals surface area contributed by atoms with Gasteiger partial charge < -0.3 is 4.74 Å². The van der Waals surface area contributed by atoms with E-state index in [0.29, 0.717) is 24.3 Å². The lowest BCUT2D eigenvalue weighted by molar-refractivity contribution is 0.202. The van der Waals surface area contributed by atoms with E-state index >= 15 is 0 Å². The van der Waals surface area contributed by atoms with E-state index in [1.807, 2.05) is 24.3 Å². The molecule has 2 saturated heterocycles. The SMILES string of the molecule is COc1ccc(N(C)S(C)(=O)=O)cc1CN1CN2CCC[C@H]1[C@@H]2c1cccc(Cl)c1. The van der Waals surface area contributed by atoms with Gasteiger partial charge in [0.1, 0.15) is 5.75 Å². The first-order valence-corrected chi connectivity index (χ1v) is 12.3. The maximum atomic E-state index is 12.0. The van der Waals surface area contributed by atoms with Crippen molar-refractivity contribution in [3.05, 3.63) is 58.6 Å². The third-order valence-corrected chi connectivity index (χ3v) is 7.66. The van der Waals surface area contributed by atoms with E-state index in [1.165, 1.54) is 22.5 Å². The molecule has 0 N–H and O–H groups in total. The molecule has 2 bridgehead atoms. The van der Waals surface area contributed by atoms with E-state index < -0.39 is 10.0 Å². The van der Waals surface area contributed by atoms with Crippen molar-refractivity contribution in [2.24, 2.45) is 0 Å². The van der Waals surface area contributed by atoms with Crippen LogP contribution in [-0.2, 0) is 16.6 Å². The Labute approximate surface area is 184 Å². The summed E-state index contributed by atoms with van der Waals surface area (Å²) < 4.78 is 30.9. The van der Waals surface area contributed by atoms with Crippen LogP contribution in [0.1, 0.15) is 30.0 Å². The van der Waals surface area contributed by atoms with Gasteiger partial charge in [-0.15, -0.1) is 0 Å². The summed E-state index contributed by atoms with van der Waals surface area (Å²) >= 11 is 6.27. The predicted octanol–water partition coefficient (Wildman–Crippen LogP) is 3.72. The molecule has 0 saturated carbocycles. The fourth-order valence-electron chi connectivity index (χ4n) is 4.71. The van der Waals surface area contributed by atoms with Gasteiger partial charge in [0, 0.05) is 36.8 Å². The van der Waals surface area contributed by atoms with E-state index in [4.69, 9.17) is 16.3 Å². The molecule has 3 atom stereocenters. The van der Waals surface area contributed by atoms with Gasteiger partial charge >= 0.3 is 0 Å². The standard InChI is InChI=1S/C22H28ClN3O3S/c1-24(30(3,27)28)19-9-10-21(29-2)17(13-19)14-26-15-25-11-5-8-20(26)22(25)16-6-4-7-18(23)12-16/h4,6-7,9-10,12-13,20,22H,5,8,11,14-15H2,1-3H3/t20-,22-/m0/s1. The van der Waals surface area contributed by atoms with Gasteiger partial charge in [-0.3, -0.25) is 14.1 Å². The van der Waals surface area contributed by atoms with Gasteiger partial charge in [-0.1, -0.05) is 23.7 Å². The Balaban J connectivity index is 1.63. The van der Waals surface area contributed by atoms with Crippen LogP contribution in [0, 0.1) is 0 Å². The zero-order valence-corrected chi connectivity index (χ0v) is 19.2. The average Bonchev–Trinajstić information content (AvgIpc) is 2.91. The second-order valence-corrected chi connectivity index (χ2v) is 10.6. The molecule has 0 aliphatic carbocycles. The number of hydrogen-bond acceptors (Lipinski definition) is 5. The van der Waals surface area contributed by atoms with Crippen LogP contribution >= 0.6 is 11.6 Å². The second-order valence-electron chi connectivity index (χ2n) is 8.14. The molecule has 2 fully saturated rings. The van der Waals surface area contributed by atoms with Crippen molar-refractivity contribution < 1.29 is 13.2 Å². The molecule has 2 aliphatic heterocycles. The molecule has 8 heteroatoms. The summed E-state index contributed by atoms with van der Waals surface area (Å²) in [7, 11) is -0.0981. The van der Waals surface area contributed by atoms with Crippen LogP contribution in [0.15, 0.2) is 42.5 Å². The number of methoxy groups -OCH3 is 1. The lowest BCUT2D eigenvalue weighted by Crippen LogP contribution is -2.35. The van der Waals surface area contributed by atoms with E-state index in [0.717, 1.165) is 36.0 Å². The van der Waals surface area contributed by atoms with Crippen LogP contribution in [0.2, 0.25) is 5.02 Å². The van der Waals surface area contributed by atoms with Crippen molar-refractivity contribution >= 4 is 27.3 Å². The number of halogens is 1. The van der Waals surface area contributed by atoms with Gasteiger partial charge in [0.05, 0.1) is 31.8 Å². The van der Waals surface area contributed by atoms with Crippen molar-refractivity contribution in [3.8, 4) is 5.75 Å². The number of hydrogen-bond donors (Lipinski definition) is 0. The van der Waals surface area contributed by atoms with Crippen molar-refractivity contribution in [1.29, 1.82) is 0 Å². The van der Waals surface area contributed by atoms with Gasteiger partial charge in [0.2, 0.25) is 10.0 Å². The summed E-state index contributed by atoms with van der Waals surface area (Å²) in [5, 5.41) is 0.767. The molecule has 6 nitrogen and oxygen atoms in total. The molecular formula is C22H28ClN3O3S. The van der Waals surface area contributed by atoms with Crippen molar-refractivity contribution in [3.63, 3.8) is 0 Å². The Morgan fingerprint density at radius 1 is 1.23 bits per heavy atom. The highest BCUT2D eigenvalue weighted by atomic mass is 35.5. The zero-order chi connectivity index (χ0) is 21.5. The van der Waals surface area contributed by atoms with Crippen LogP contribution in [0.5, 0.6) is 5.75 Å². The van der Waals surface area contributed by atoms with Crippen LogP contribution in [-0.4, -0.2) is 57.9 Å². The van der Waals surface area contributed by atoms with Gasteiger partial charge in [0.15, 0.2) is 0 Å². The van der Waals surface area contributed by atoms with E-state index in [9.17, 15) is 8.42 Å². The number of fused-ring (bicyclic) bond motifs is 2. The molecule has 2 aromatic carbocycles. The smallest absolute Gasteiger partial charge is 0.231 e. The number of ether oxygens (including phenoxy) is 1. The number of rotatable bonds is 6.